The number of piperidine rings is 1. The van der Waals surface area contributed by atoms with E-state index in [4.69, 9.17) is 0 Å². The highest BCUT2D eigenvalue weighted by atomic mass is 35.5. The van der Waals surface area contributed by atoms with Crippen LogP contribution in [-0.4, -0.2) is 34.8 Å². The predicted molar refractivity (Wildman–Crippen MR) is 118 cm³/mol. The zero-order chi connectivity index (χ0) is 22.0. The third-order valence-corrected chi connectivity index (χ3v) is 5.70. The number of halogens is 4. The summed E-state index contributed by atoms with van der Waals surface area (Å²) < 4.78 is 43.6. The van der Waals surface area contributed by atoms with E-state index >= 15 is 0 Å². The summed E-state index contributed by atoms with van der Waals surface area (Å²) in [6.07, 6.45) is 2.28. The summed E-state index contributed by atoms with van der Waals surface area (Å²) in [4.78, 5) is 12.8. The molecule has 0 spiro atoms. The van der Waals surface area contributed by atoms with Crippen LogP contribution in [0.1, 0.15) is 35.2 Å². The lowest BCUT2D eigenvalue weighted by atomic mass is 9.85. The minimum absolute atomic E-state index is 0. The monoisotopic (exact) mass is 464 g/mol. The molecule has 5 nitrogen and oxygen atoms in total. The van der Waals surface area contributed by atoms with Crippen LogP contribution in [0.25, 0.3) is 11.3 Å². The number of nitrogens with zero attached hydrogens (tertiary/aromatic N) is 2. The van der Waals surface area contributed by atoms with Gasteiger partial charge in [-0.05, 0) is 55.8 Å². The number of amides is 1. The minimum Gasteiger partial charge on any atom is -0.347 e. The SMILES string of the molecule is CCn1nccc1-c1ccc(C(=O)N[C@@H]2CNCC[C@H]2c2ccc(F)c(F)c2)c(F)c1.Cl. The van der Waals surface area contributed by atoms with Crippen molar-refractivity contribution in [1.29, 1.82) is 0 Å². The van der Waals surface area contributed by atoms with Gasteiger partial charge < -0.3 is 10.6 Å². The number of hydrogen-bond acceptors (Lipinski definition) is 3. The first-order chi connectivity index (χ1) is 15.0. The molecule has 2 N–H and O–H groups in total. The van der Waals surface area contributed by atoms with E-state index in [1.807, 2.05) is 6.92 Å². The topological polar surface area (TPSA) is 59.0 Å². The largest absolute Gasteiger partial charge is 0.347 e. The summed E-state index contributed by atoms with van der Waals surface area (Å²) in [7, 11) is 0. The Balaban J connectivity index is 0.00000289. The Morgan fingerprint density at radius 3 is 2.66 bits per heavy atom. The lowest BCUT2D eigenvalue weighted by molar-refractivity contribution is 0.0920. The molecule has 1 amide bonds. The van der Waals surface area contributed by atoms with Crippen LogP contribution in [0.3, 0.4) is 0 Å². The van der Waals surface area contributed by atoms with Crippen molar-refractivity contribution >= 4 is 18.3 Å². The molecule has 0 unspecified atom stereocenters. The Labute approximate surface area is 190 Å². The predicted octanol–water partition coefficient (Wildman–Crippen LogP) is 4.28. The van der Waals surface area contributed by atoms with E-state index in [-0.39, 0.29) is 29.9 Å². The average molecular weight is 465 g/mol. The molecular weight excluding hydrogens is 441 g/mol. The summed E-state index contributed by atoms with van der Waals surface area (Å²) in [6.45, 7) is 3.72. The van der Waals surface area contributed by atoms with E-state index in [1.165, 1.54) is 18.2 Å². The van der Waals surface area contributed by atoms with Gasteiger partial charge in [0.1, 0.15) is 5.82 Å². The maximum atomic E-state index is 14.8. The fraction of sp³-hybridized carbons (Fsp3) is 0.304. The van der Waals surface area contributed by atoms with E-state index in [0.29, 0.717) is 37.2 Å². The second-order valence-electron chi connectivity index (χ2n) is 7.58. The van der Waals surface area contributed by atoms with Crippen LogP contribution in [-0.2, 0) is 6.54 Å². The number of aromatic nitrogens is 2. The normalized spacial score (nSPS) is 18.1. The van der Waals surface area contributed by atoms with Crippen LogP contribution in [0.15, 0.2) is 48.7 Å². The fourth-order valence-corrected chi connectivity index (χ4v) is 4.09. The summed E-state index contributed by atoms with van der Waals surface area (Å²) in [5, 5.41) is 10.2. The van der Waals surface area contributed by atoms with Crippen molar-refractivity contribution in [3.63, 3.8) is 0 Å². The Hall–Kier alpha value is -2.84. The molecule has 0 bridgehead atoms. The molecule has 1 aliphatic heterocycles. The summed E-state index contributed by atoms with van der Waals surface area (Å²) in [6, 6.07) is 9.65. The van der Waals surface area contributed by atoms with E-state index in [9.17, 15) is 18.0 Å². The number of rotatable bonds is 5. The van der Waals surface area contributed by atoms with Gasteiger partial charge >= 0.3 is 0 Å². The Morgan fingerprint density at radius 1 is 1.12 bits per heavy atom. The van der Waals surface area contributed by atoms with Crippen molar-refractivity contribution in [1.82, 2.24) is 20.4 Å². The maximum absolute atomic E-state index is 14.8. The molecule has 3 aromatic rings. The highest BCUT2D eigenvalue weighted by Crippen LogP contribution is 2.28. The summed E-state index contributed by atoms with van der Waals surface area (Å²) in [5.41, 5.74) is 1.94. The van der Waals surface area contributed by atoms with Gasteiger partial charge in [-0.2, -0.15) is 5.10 Å². The molecule has 1 aromatic heterocycles. The Bertz CT molecular complexity index is 1100. The van der Waals surface area contributed by atoms with E-state index < -0.39 is 23.4 Å². The van der Waals surface area contributed by atoms with Crippen LogP contribution in [0.5, 0.6) is 0 Å². The third-order valence-electron chi connectivity index (χ3n) is 5.70. The van der Waals surface area contributed by atoms with Crippen LogP contribution >= 0.6 is 12.4 Å². The van der Waals surface area contributed by atoms with Gasteiger partial charge in [0.15, 0.2) is 11.6 Å². The smallest absolute Gasteiger partial charge is 0.254 e. The number of hydrogen-bond donors (Lipinski definition) is 2. The van der Waals surface area contributed by atoms with Gasteiger partial charge in [-0.1, -0.05) is 12.1 Å². The third kappa shape index (κ3) is 4.81. The van der Waals surface area contributed by atoms with Crippen molar-refractivity contribution in [2.45, 2.75) is 31.8 Å². The highest BCUT2D eigenvalue weighted by Gasteiger charge is 2.29. The van der Waals surface area contributed by atoms with Crippen molar-refractivity contribution < 1.29 is 18.0 Å². The maximum Gasteiger partial charge on any atom is 0.254 e. The van der Waals surface area contributed by atoms with Gasteiger partial charge in [-0.15, -0.1) is 12.4 Å². The van der Waals surface area contributed by atoms with Gasteiger partial charge in [0, 0.05) is 36.8 Å². The molecule has 2 heterocycles. The van der Waals surface area contributed by atoms with E-state index in [2.05, 4.69) is 15.7 Å². The molecule has 2 aromatic carbocycles. The molecule has 32 heavy (non-hydrogen) atoms. The first-order valence-corrected chi connectivity index (χ1v) is 10.3. The molecule has 2 atom stereocenters. The summed E-state index contributed by atoms with van der Waals surface area (Å²) in [5.74, 6) is -3.22. The zero-order valence-electron chi connectivity index (χ0n) is 17.4. The second-order valence-corrected chi connectivity index (χ2v) is 7.58. The lowest BCUT2D eigenvalue weighted by Gasteiger charge is -2.33. The minimum atomic E-state index is -0.922. The van der Waals surface area contributed by atoms with E-state index in [0.717, 1.165) is 17.8 Å². The Kier molecular flexibility index (Phi) is 7.58. The zero-order valence-corrected chi connectivity index (χ0v) is 18.3. The van der Waals surface area contributed by atoms with Crippen LogP contribution < -0.4 is 10.6 Å². The first kappa shape index (κ1) is 23.8. The fourth-order valence-electron chi connectivity index (χ4n) is 4.09. The molecule has 1 saturated heterocycles. The van der Waals surface area contributed by atoms with Crippen LogP contribution in [0.2, 0.25) is 0 Å². The molecular formula is C23H24ClF3N4O. The molecule has 0 radical (unpaired) electrons. The molecule has 1 aliphatic rings. The number of nitrogens with one attached hydrogen (secondary N) is 2. The number of aryl methyl sites for hydroxylation is 1. The number of carbonyl (C=O) groups is 1. The number of carbonyl (C=O) groups excluding carboxylic acids is 1. The molecule has 9 heteroatoms. The molecule has 170 valence electrons. The molecule has 1 fully saturated rings. The van der Waals surface area contributed by atoms with Gasteiger partial charge in [0.2, 0.25) is 0 Å². The van der Waals surface area contributed by atoms with Gasteiger partial charge in [-0.3, -0.25) is 9.48 Å². The van der Waals surface area contributed by atoms with E-state index in [1.54, 1.807) is 23.0 Å². The van der Waals surface area contributed by atoms with Crippen molar-refractivity contribution in [2.75, 3.05) is 13.1 Å². The van der Waals surface area contributed by atoms with Gasteiger partial charge in [0.25, 0.3) is 5.91 Å². The number of benzene rings is 2. The van der Waals surface area contributed by atoms with Crippen LogP contribution in [0, 0.1) is 17.5 Å². The lowest BCUT2D eigenvalue weighted by Crippen LogP contribution is -2.50. The molecule has 0 aliphatic carbocycles. The van der Waals surface area contributed by atoms with Crippen molar-refractivity contribution in [3.05, 3.63) is 77.2 Å². The molecule has 0 saturated carbocycles. The van der Waals surface area contributed by atoms with Crippen molar-refractivity contribution in [3.8, 4) is 11.3 Å². The molecule has 4 rings (SSSR count). The standard InChI is InChI=1S/C23H23F3N4O.ClH/c1-2-30-22(8-10-28-30)15-3-5-17(19(25)12-15)23(31)29-21-13-27-9-7-16(21)14-4-6-18(24)20(26)11-14;/h3-6,8,10-12,16,21,27H,2,7,9,13H2,1H3,(H,29,31);1H/t16-,21+;/m0./s1. The summed E-state index contributed by atoms with van der Waals surface area (Å²) >= 11 is 0. The van der Waals surface area contributed by atoms with Gasteiger partial charge in [0.05, 0.1) is 11.3 Å². The van der Waals surface area contributed by atoms with Crippen LogP contribution in [0.4, 0.5) is 13.2 Å². The quantitative estimate of drug-likeness (QED) is 0.592. The Morgan fingerprint density at radius 2 is 1.94 bits per heavy atom. The first-order valence-electron chi connectivity index (χ1n) is 10.3. The highest BCUT2D eigenvalue weighted by molar-refractivity contribution is 5.95. The van der Waals surface area contributed by atoms with Crippen molar-refractivity contribution in [2.24, 2.45) is 0 Å². The second kappa shape index (κ2) is 10.2. The average Bonchev–Trinajstić information content (AvgIpc) is 3.25. The van der Waals surface area contributed by atoms with Gasteiger partial charge in [-0.25, -0.2) is 13.2 Å².